The summed E-state index contributed by atoms with van der Waals surface area (Å²) >= 11 is 11.2. The second-order valence-electron chi connectivity index (χ2n) is 6.18. The summed E-state index contributed by atoms with van der Waals surface area (Å²) in [6.07, 6.45) is 7.89. The van der Waals surface area contributed by atoms with Crippen molar-refractivity contribution >= 4 is 23.2 Å². The van der Waals surface area contributed by atoms with Crippen LogP contribution >= 0.6 is 23.2 Å². The molecule has 0 radical (unpaired) electrons. The molecule has 1 atom stereocenters. The lowest BCUT2D eigenvalue weighted by molar-refractivity contribution is 0.0217. The molecule has 0 saturated heterocycles. The van der Waals surface area contributed by atoms with E-state index >= 15 is 0 Å². The fourth-order valence-corrected chi connectivity index (χ4v) is 2.50. The van der Waals surface area contributed by atoms with E-state index in [-0.39, 0.29) is 12.7 Å². The van der Waals surface area contributed by atoms with Crippen LogP contribution in [-0.4, -0.2) is 75.8 Å². The Bertz CT molecular complexity index is 256. The van der Waals surface area contributed by atoms with Crippen molar-refractivity contribution in [2.45, 2.75) is 57.5 Å². The molecule has 0 aliphatic rings. The van der Waals surface area contributed by atoms with Crippen molar-refractivity contribution in [1.29, 1.82) is 0 Å². The van der Waals surface area contributed by atoms with Crippen molar-refractivity contribution in [3.63, 3.8) is 0 Å². The average Bonchev–Trinajstić information content (AvgIpc) is 2.66. The molecular weight excluding hydrogens is 379 g/mol. The highest BCUT2D eigenvalue weighted by molar-refractivity contribution is 6.18. The smallest absolute Gasteiger partial charge is 0.0940 e. The number of hydrogen-bond donors (Lipinski definition) is 1. The Balaban J connectivity index is 3.03. The highest BCUT2D eigenvalue weighted by Gasteiger charge is 2.04. The van der Waals surface area contributed by atoms with Gasteiger partial charge in [-0.25, -0.2) is 0 Å². The Morgan fingerprint density at radius 3 is 1.31 bits per heavy atom. The predicted octanol–water partition coefficient (Wildman–Crippen LogP) is 4.01. The summed E-state index contributed by atoms with van der Waals surface area (Å²) in [5, 5.41) is 8.92. The first-order valence-electron chi connectivity index (χ1n) is 9.92. The molecule has 0 amide bonds. The first kappa shape index (κ1) is 26.4. The summed E-state index contributed by atoms with van der Waals surface area (Å²) in [6, 6.07) is 0. The van der Waals surface area contributed by atoms with Gasteiger partial charge in [-0.1, -0.05) is 0 Å². The molecule has 0 aromatic rings. The third-order valence-electron chi connectivity index (χ3n) is 3.74. The molecule has 1 N–H and O–H groups in total. The van der Waals surface area contributed by atoms with E-state index in [2.05, 4.69) is 0 Å². The second kappa shape index (κ2) is 23.4. The summed E-state index contributed by atoms with van der Waals surface area (Å²) in [5.74, 6) is 1.05. The molecule has 1 unspecified atom stereocenters. The van der Waals surface area contributed by atoms with E-state index in [0.717, 1.165) is 96.9 Å². The van der Waals surface area contributed by atoms with Gasteiger partial charge in [0.2, 0.25) is 0 Å². The van der Waals surface area contributed by atoms with Crippen LogP contribution in [0.15, 0.2) is 0 Å². The van der Waals surface area contributed by atoms with Crippen LogP contribution in [0, 0.1) is 0 Å². The van der Waals surface area contributed by atoms with E-state index in [0.29, 0.717) is 12.5 Å². The van der Waals surface area contributed by atoms with Gasteiger partial charge in [0, 0.05) is 52.1 Å². The molecule has 5 nitrogen and oxygen atoms in total. The van der Waals surface area contributed by atoms with Gasteiger partial charge in [-0.2, -0.15) is 0 Å². The Kier molecular flexibility index (Phi) is 23.8. The van der Waals surface area contributed by atoms with Crippen molar-refractivity contribution in [2.24, 2.45) is 0 Å². The number of hydrogen-bond acceptors (Lipinski definition) is 5. The maximum atomic E-state index is 8.92. The van der Waals surface area contributed by atoms with Crippen molar-refractivity contribution in [1.82, 2.24) is 0 Å². The maximum absolute atomic E-state index is 8.92. The number of aliphatic hydroxyl groups excluding tert-OH is 1. The van der Waals surface area contributed by atoms with Crippen LogP contribution < -0.4 is 0 Å². The number of aliphatic hydroxyl groups is 1. The first-order chi connectivity index (χ1) is 12.8. The van der Waals surface area contributed by atoms with Gasteiger partial charge in [0.15, 0.2) is 0 Å². The fraction of sp³-hybridized carbons (Fsp3) is 1.00. The van der Waals surface area contributed by atoms with Crippen LogP contribution in [0.1, 0.15) is 51.4 Å². The standard InChI is InChI=1S/C19H38Cl2O5/c20-9-1-2-10-23-11-3-4-12-24-13-5-6-14-25-15-7-8-16-26-19(17-21)18-22/h19,22H,1-18H2. The Morgan fingerprint density at radius 2 is 0.962 bits per heavy atom. The van der Waals surface area contributed by atoms with E-state index in [1.807, 2.05) is 0 Å². The van der Waals surface area contributed by atoms with Crippen molar-refractivity contribution < 1.29 is 24.1 Å². The molecule has 158 valence electrons. The van der Waals surface area contributed by atoms with E-state index < -0.39 is 0 Å². The van der Waals surface area contributed by atoms with Crippen LogP contribution in [0.25, 0.3) is 0 Å². The molecule has 0 saturated carbocycles. The van der Waals surface area contributed by atoms with Gasteiger partial charge in [-0.15, -0.1) is 23.2 Å². The van der Waals surface area contributed by atoms with E-state index in [4.69, 9.17) is 47.3 Å². The molecular formula is C19H38Cl2O5. The lowest BCUT2D eigenvalue weighted by Crippen LogP contribution is -2.20. The van der Waals surface area contributed by atoms with Crippen LogP contribution in [0.4, 0.5) is 0 Å². The summed E-state index contributed by atoms with van der Waals surface area (Å²) in [7, 11) is 0. The van der Waals surface area contributed by atoms with Gasteiger partial charge < -0.3 is 24.1 Å². The molecule has 0 aromatic carbocycles. The van der Waals surface area contributed by atoms with E-state index in [9.17, 15) is 0 Å². The number of unbranched alkanes of at least 4 members (excludes halogenated alkanes) is 4. The zero-order chi connectivity index (χ0) is 19.1. The molecule has 0 bridgehead atoms. The molecule has 0 rings (SSSR count). The third kappa shape index (κ3) is 20.7. The first-order valence-corrected chi connectivity index (χ1v) is 11.0. The Morgan fingerprint density at radius 1 is 0.577 bits per heavy atom. The molecule has 0 fully saturated rings. The zero-order valence-corrected chi connectivity index (χ0v) is 17.7. The SMILES string of the molecule is OCC(CCl)OCCCCOCCCCOCCCCOCCCCCl. The maximum Gasteiger partial charge on any atom is 0.0940 e. The average molecular weight is 417 g/mol. The molecule has 26 heavy (non-hydrogen) atoms. The van der Waals surface area contributed by atoms with E-state index in [1.54, 1.807) is 0 Å². The van der Waals surface area contributed by atoms with Crippen LogP contribution in [0.3, 0.4) is 0 Å². The largest absolute Gasteiger partial charge is 0.394 e. The van der Waals surface area contributed by atoms with Crippen molar-refractivity contribution in [3.8, 4) is 0 Å². The van der Waals surface area contributed by atoms with E-state index in [1.165, 1.54) is 0 Å². The number of halogens is 2. The fourth-order valence-electron chi connectivity index (χ4n) is 2.12. The third-order valence-corrected chi connectivity index (χ3v) is 4.35. The van der Waals surface area contributed by atoms with Crippen molar-refractivity contribution in [3.05, 3.63) is 0 Å². The second-order valence-corrected chi connectivity index (χ2v) is 6.87. The monoisotopic (exact) mass is 416 g/mol. The summed E-state index contributed by atoms with van der Waals surface area (Å²) in [4.78, 5) is 0. The zero-order valence-electron chi connectivity index (χ0n) is 16.1. The Hall–Kier alpha value is 0.380. The molecule has 7 heteroatoms. The molecule has 0 aromatic heterocycles. The highest BCUT2D eigenvalue weighted by Crippen LogP contribution is 2.00. The predicted molar refractivity (Wildman–Crippen MR) is 108 cm³/mol. The minimum Gasteiger partial charge on any atom is -0.394 e. The minimum absolute atomic E-state index is 0.0229. The number of rotatable bonds is 22. The number of alkyl halides is 2. The Labute approximate surface area is 169 Å². The molecule has 0 heterocycles. The lowest BCUT2D eigenvalue weighted by Gasteiger charge is -2.11. The summed E-state index contributed by atoms with van der Waals surface area (Å²) in [6.45, 7) is 5.37. The lowest BCUT2D eigenvalue weighted by atomic mass is 10.3. The summed E-state index contributed by atoms with van der Waals surface area (Å²) in [5.41, 5.74) is 0. The topological polar surface area (TPSA) is 57.2 Å². The van der Waals surface area contributed by atoms with Crippen molar-refractivity contribution in [2.75, 3.05) is 64.6 Å². The molecule has 0 spiro atoms. The quantitative estimate of drug-likeness (QED) is 0.213. The molecule has 0 aliphatic heterocycles. The van der Waals surface area contributed by atoms with Gasteiger partial charge in [0.05, 0.1) is 18.6 Å². The van der Waals surface area contributed by atoms with Gasteiger partial charge in [-0.05, 0) is 51.4 Å². The molecule has 0 aliphatic carbocycles. The minimum atomic E-state index is -0.244. The van der Waals surface area contributed by atoms with Crippen LogP contribution in [0.2, 0.25) is 0 Å². The number of ether oxygens (including phenoxy) is 4. The van der Waals surface area contributed by atoms with Gasteiger partial charge in [0.25, 0.3) is 0 Å². The normalized spacial score (nSPS) is 12.6. The van der Waals surface area contributed by atoms with Gasteiger partial charge in [-0.3, -0.25) is 0 Å². The summed E-state index contributed by atoms with van der Waals surface area (Å²) < 4.78 is 22.1. The van der Waals surface area contributed by atoms with Gasteiger partial charge in [0.1, 0.15) is 0 Å². The van der Waals surface area contributed by atoms with Crippen LogP contribution in [-0.2, 0) is 18.9 Å². The van der Waals surface area contributed by atoms with Gasteiger partial charge >= 0.3 is 0 Å². The van der Waals surface area contributed by atoms with Crippen LogP contribution in [0.5, 0.6) is 0 Å². The highest BCUT2D eigenvalue weighted by atomic mass is 35.5.